The van der Waals surface area contributed by atoms with Crippen molar-refractivity contribution in [3.05, 3.63) is 24.5 Å². The van der Waals surface area contributed by atoms with E-state index in [0.29, 0.717) is 37.3 Å². The van der Waals surface area contributed by atoms with Crippen LogP contribution in [0.1, 0.15) is 6.42 Å². The number of nitrogens with zero attached hydrogens (tertiary/aromatic N) is 6. The number of alkyl halides is 1. The summed E-state index contributed by atoms with van der Waals surface area (Å²) >= 11 is 0. The summed E-state index contributed by atoms with van der Waals surface area (Å²) in [5.74, 6) is 2.26. The lowest BCUT2D eigenvalue weighted by Gasteiger charge is -2.26. The van der Waals surface area contributed by atoms with Gasteiger partial charge in [0, 0.05) is 45.5 Å². The average molecular weight is 347 g/mol. The number of halogens is 1. The smallest absolute Gasteiger partial charge is 0.226 e. The molecule has 1 saturated heterocycles. The number of nitrogens with one attached hydrogen (secondary N) is 1. The Labute approximate surface area is 146 Å². The van der Waals surface area contributed by atoms with E-state index >= 15 is 0 Å². The van der Waals surface area contributed by atoms with Crippen LogP contribution in [0.25, 0.3) is 0 Å². The van der Waals surface area contributed by atoms with Gasteiger partial charge >= 0.3 is 0 Å². The Morgan fingerprint density at radius 3 is 2.84 bits per heavy atom. The molecule has 1 aliphatic rings. The molecule has 3 heterocycles. The van der Waals surface area contributed by atoms with Gasteiger partial charge in [-0.1, -0.05) is 0 Å². The second-order valence-electron chi connectivity index (χ2n) is 6.05. The second-order valence-corrected chi connectivity index (χ2v) is 6.05. The molecule has 25 heavy (non-hydrogen) atoms. The molecular formula is C16H22FN7O. The highest BCUT2D eigenvalue weighted by atomic mass is 19.1. The van der Waals surface area contributed by atoms with E-state index in [9.17, 15) is 4.39 Å². The van der Waals surface area contributed by atoms with Crippen LogP contribution in [0.2, 0.25) is 0 Å². The summed E-state index contributed by atoms with van der Waals surface area (Å²) in [7, 11) is 5.30. The summed E-state index contributed by atoms with van der Waals surface area (Å²) in [4.78, 5) is 20.9. The van der Waals surface area contributed by atoms with Crippen molar-refractivity contribution in [1.82, 2.24) is 19.9 Å². The number of aromatic nitrogens is 4. The van der Waals surface area contributed by atoms with Crippen LogP contribution in [0.5, 0.6) is 5.88 Å². The van der Waals surface area contributed by atoms with E-state index in [-0.39, 0.29) is 6.04 Å². The Bertz CT molecular complexity index is 714. The van der Waals surface area contributed by atoms with Gasteiger partial charge in [0.2, 0.25) is 17.8 Å². The first-order chi connectivity index (χ1) is 12.1. The topological polar surface area (TPSA) is 79.3 Å². The minimum atomic E-state index is -0.893. The van der Waals surface area contributed by atoms with Gasteiger partial charge < -0.3 is 19.9 Å². The van der Waals surface area contributed by atoms with Crippen molar-refractivity contribution in [2.75, 3.05) is 49.4 Å². The molecule has 2 atom stereocenters. The molecule has 0 radical (unpaired) electrons. The fraction of sp³-hybridized carbons (Fsp3) is 0.500. The van der Waals surface area contributed by atoms with Crippen LogP contribution in [-0.2, 0) is 0 Å². The van der Waals surface area contributed by atoms with E-state index in [4.69, 9.17) is 4.74 Å². The van der Waals surface area contributed by atoms with Crippen molar-refractivity contribution < 1.29 is 9.13 Å². The first-order valence-electron chi connectivity index (χ1n) is 8.09. The standard InChI is InChI=1S/C16H22FN7O/c1-23(2)16-19-6-4-13(21-16)24-10-11(17)8-12(24)9-20-15-18-7-5-14(22-15)25-3/h4-7,11-12H,8-10H2,1-3H3,(H,18,20,22)/t11-,12-/m0/s1. The first-order valence-corrected chi connectivity index (χ1v) is 8.09. The molecule has 1 N–H and O–H groups in total. The van der Waals surface area contributed by atoms with Crippen LogP contribution in [-0.4, -0.2) is 66.4 Å². The summed E-state index contributed by atoms with van der Waals surface area (Å²) in [6, 6.07) is 3.43. The molecule has 8 nitrogen and oxygen atoms in total. The second kappa shape index (κ2) is 7.45. The molecule has 0 aromatic carbocycles. The molecule has 0 saturated carbocycles. The number of ether oxygens (including phenoxy) is 1. The van der Waals surface area contributed by atoms with Crippen molar-refractivity contribution in [3.63, 3.8) is 0 Å². The zero-order valence-corrected chi connectivity index (χ0v) is 14.6. The molecule has 0 bridgehead atoms. The van der Waals surface area contributed by atoms with Crippen molar-refractivity contribution >= 4 is 17.7 Å². The Morgan fingerprint density at radius 1 is 1.28 bits per heavy atom. The van der Waals surface area contributed by atoms with Gasteiger partial charge in [0.15, 0.2) is 0 Å². The Hall–Kier alpha value is -2.71. The molecule has 1 aliphatic heterocycles. The van der Waals surface area contributed by atoms with Crippen LogP contribution in [0, 0.1) is 0 Å². The van der Waals surface area contributed by atoms with E-state index in [1.165, 1.54) is 0 Å². The number of hydrogen-bond donors (Lipinski definition) is 1. The minimum Gasteiger partial charge on any atom is -0.481 e. The molecule has 2 aromatic rings. The molecule has 3 rings (SSSR count). The zero-order chi connectivity index (χ0) is 17.8. The highest BCUT2D eigenvalue weighted by Gasteiger charge is 2.33. The maximum Gasteiger partial charge on any atom is 0.226 e. The number of rotatable bonds is 6. The summed E-state index contributed by atoms with van der Waals surface area (Å²) in [5, 5.41) is 3.15. The third-order valence-electron chi connectivity index (χ3n) is 4.02. The van der Waals surface area contributed by atoms with E-state index in [2.05, 4.69) is 25.3 Å². The SMILES string of the molecule is COc1ccnc(NC[C@@H]2C[C@H](F)CN2c2ccnc(N(C)C)n2)n1. The molecule has 1 fully saturated rings. The molecule has 0 aliphatic carbocycles. The third-order valence-corrected chi connectivity index (χ3v) is 4.02. The van der Waals surface area contributed by atoms with Gasteiger partial charge in [-0.25, -0.2) is 14.4 Å². The van der Waals surface area contributed by atoms with Gasteiger partial charge in [-0.05, 0) is 6.07 Å². The molecule has 9 heteroatoms. The van der Waals surface area contributed by atoms with Gasteiger partial charge in [-0.15, -0.1) is 0 Å². The van der Waals surface area contributed by atoms with Crippen LogP contribution in [0.3, 0.4) is 0 Å². The van der Waals surface area contributed by atoms with Crippen molar-refractivity contribution in [2.24, 2.45) is 0 Å². The first kappa shape index (κ1) is 17.1. The summed E-state index contributed by atoms with van der Waals surface area (Å²) < 4.78 is 19.1. The predicted octanol–water partition coefficient (Wildman–Crippen LogP) is 1.37. The molecule has 0 spiro atoms. The van der Waals surface area contributed by atoms with Gasteiger partial charge in [-0.3, -0.25) is 0 Å². The fourth-order valence-corrected chi connectivity index (χ4v) is 2.80. The van der Waals surface area contributed by atoms with E-state index < -0.39 is 6.17 Å². The average Bonchev–Trinajstić information content (AvgIpc) is 3.01. The predicted molar refractivity (Wildman–Crippen MR) is 94.1 cm³/mol. The van der Waals surface area contributed by atoms with Crippen LogP contribution < -0.4 is 19.9 Å². The Balaban J connectivity index is 1.72. The summed E-state index contributed by atoms with van der Waals surface area (Å²) in [6.45, 7) is 0.823. The van der Waals surface area contributed by atoms with Gasteiger partial charge in [0.05, 0.1) is 19.7 Å². The summed E-state index contributed by atoms with van der Waals surface area (Å²) in [5.41, 5.74) is 0. The highest BCUT2D eigenvalue weighted by molar-refractivity contribution is 5.46. The molecular weight excluding hydrogens is 325 g/mol. The lowest BCUT2D eigenvalue weighted by atomic mass is 10.2. The summed E-state index contributed by atoms with van der Waals surface area (Å²) in [6.07, 6.45) is 2.85. The quantitative estimate of drug-likeness (QED) is 0.839. The lowest BCUT2D eigenvalue weighted by Crippen LogP contribution is -2.36. The zero-order valence-electron chi connectivity index (χ0n) is 14.6. The van der Waals surface area contributed by atoms with Crippen molar-refractivity contribution in [1.29, 1.82) is 0 Å². The highest BCUT2D eigenvalue weighted by Crippen LogP contribution is 2.26. The molecule has 0 unspecified atom stereocenters. The van der Waals surface area contributed by atoms with E-state index in [1.807, 2.05) is 23.9 Å². The number of anilines is 3. The Morgan fingerprint density at radius 2 is 2.08 bits per heavy atom. The van der Waals surface area contributed by atoms with Gasteiger partial charge in [0.25, 0.3) is 0 Å². The lowest BCUT2D eigenvalue weighted by molar-refractivity contribution is 0.357. The van der Waals surface area contributed by atoms with Crippen LogP contribution >= 0.6 is 0 Å². The van der Waals surface area contributed by atoms with Crippen molar-refractivity contribution in [2.45, 2.75) is 18.6 Å². The molecule has 0 amide bonds. The largest absolute Gasteiger partial charge is 0.481 e. The maximum absolute atomic E-state index is 14.0. The van der Waals surface area contributed by atoms with Crippen LogP contribution in [0.4, 0.5) is 22.1 Å². The van der Waals surface area contributed by atoms with Gasteiger partial charge in [-0.2, -0.15) is 9.97 Å². The Kier molecular flexibility index (Phi) is 5.11. The van der Waals surface area contributed by atoms with E-state index in [0.717, 1.165) is 5.82 Å². The minimum absolute atomic E-state index is 0.0466. The van der Waals surface area contributed by atoms with E-state index in [1.54, 1.807) is 31.6 Å². The molecule has 2 aromatic heterocycles. The third kappa shape index (κ3) is 4.04. The fourth-order valence-electron chi connectivity index (χ4n) is 2.80. The van der Waals surface area contributed by atoms with Gasteiger partial charge in [0.1, 0.15) is 12.0 Å². The number of hydrogen-bond acceptors (Lipinski definition) is 8. The maximum atomic E-state index is 14.0. The molecule has 134 valence electrons. The number of methoxy groups -OCH3 is 1. The van der Waals surface area contributed by atoms with Crippen LogP contribution in [0.15, 0.2) is 24.5 Å². The normalized spacial score (nSPS) is 19.8. The van der Waals surface area contributed by atoms with Crippen molar-refractivity contribution in [3.8, 4) is 5.88 Å². The monoisotopic (exact) mass is 347 g/mol.